The molecule has 0 aliphatic carbocycles. The van der Waals surface area contributed by atoms with E-state index in [2.05, 4.69) is 30.6 Å². The summed E-state index contributed by atoms with van der Waals surface area (Å²) < 4.78 is 4.89. The predicted molar refractivity (Wildman–Crippen MR) is 105 cm³/mol. The number of nitrogens with zero attached hydrogens (tertiary/aromatic N) is 5. The maximum absolute atomic E-state index is 10.8. The van der Waals surface area contributed by atoms with E-state index in [4.69, 9.17) is 4.98 Å². The number of imidazole rings is 1. The Hall–Kier alpha value is -2.77. The molecule has 0 radical (unpaired) electrons. The SMILES string of the molecule is Cc1ncn2c1Cn1nc(C(O)c3ccccc3)nc1-c1cc(Br)ccc1-2. The maximum Gasteiger partial charge on any atom is 0.184 e. The van der Waals surface area contributed by atoms with Gasteiger partial charge in [0, 0.05) is 10.0 Å². The van der Waals surface area contributed by atoms with Crippen molar-refractivity contribution in [2.75, 3.05) is 0 Å². The van der Waals surface area contributed by atoms with Crippen molar-refractivity contribution in [2.24, 2.45) is 0 Å². The molecule has 2 aromatic carbocycles. The second kappa shape index (κ2) is 6.14. The van der Waals surface area contributed by atoms with Gasteiger partial charge in [-0.15, -0.1) is 0 Å². The first-order valence-corrected chi connectivity index (χ1v) is 9.42. The van der Waals surface area contributed by atoms with E-state index in [1.54, 1.807) is 0 Å². The monoisotopic (exact) mass is 421 g/mol. The summed E-state index contributed by atoms with van der Waals surface area (Å²) in [5.74, 6) is 1.13. The van der Waals surface area contributed by atoms with E-state index in [1.165, 1.54) is 0 Å². The molecule has 3 heterocycles. The molecule has 1 N–H and O–H groups in total. The van der Waals surface area contributed by atoms with E-state index >= 15 is 0 Å². The summed E-state index contributed by atoms with van der Waals surface area (Å²) >= 11 is 3.55. The normalized spacial score (nSPS) is 13.4. The largest absolute Gasteiger partial charge is 0.380 e. The summed E-state index contributed by atoms with van der Waals surface area (Å²) in [7, 11) is 0. The van der Waals surface area contributed by atoms with Crippen molar-refractivity contribution in [1.82, 2.24) is 24.3 Å². The minimum absolute atomic E-state index is 0.396. The van der Waals surface area contributed by atoms with Crippen LogP contribution >= 0.6 is 15.9 Å². The van der Waals surface area contributed by atoms with Crippen LogP contribution in [-0.2, 0) is 6.54 Å². The maximum atomic E-state index is 10.8. The Kier molecular flexibility index (Phi) is 3.73. The first kappa shape index (κ1) is 16.4. The number of hydrogen-bond donors (Lipinski definition) is 1. The van der Waals surface area contributed by atoms with Gasteiger partial charge in [-0.1, -0.05) is 46.3 Å². The lowest BCUT2D eigenvalue weighted by Gasteiger charge is -2.09. The minimum Gasteiger partial charge on any atom is -0.380 e. The topological polar surface area (TPSA) is 68.8 Å². The summed E-state index contributed by atoms with van der Waals surface area (Å²) in [6.45, 7) is 2.54. The molecule has 6 nitrogen and oxygen atoms in total. The van der Waals surface area contributed by atoms with Gasteiger partial charge in [-0.3, -0.25) is 0 Å². The number of aliphatic hydroxyl groups excluding tert-OH is 1. The van der Waals surface area contributed by atoms with E-state index < -0.39 is 6.10 Å². The quantitative estimate of drug-likeness (QED) is 0.472. The molecular weight excluding hydrogens is 406 g/mol. The van der Waals surface area contributed by atoms with Crippen molar-refractivity contribution < 1.29 is 5.11 Å². The number of halogens is 1. The zero-order valence-electron chi connectivity index (χ0n) is 14.5. The molecule has 0 saturated carbocycles. The van der Waals surface area contributed by atoms with Crippen LogP contribution in [0.4, 0.5) is 0 Å². The van der Waals surface area contributed by atoms with Gasteiger partial charge in [-0.05, 0) is 30.7 Å². The summed E-state index contributed by atoms with van der Waals surface area (Å²) in [5.41, 5.74) is 4.73. The Morgan fingerprint density at radius 1 is 1.15 bits per heavy atom. The highest BCUT2D eigenvalue weighted by atomic mass is 79.9. The van der Waals surface area contributed by atoms with Crippen LogP contribution in [0, 0.1) is 6.92 Å². The molecule has 134 valence electrons. The number of hydrogen-bond acceptors (Lipinski definition) is 4. The molecule has 0 saturated heterocycles. The lowest BCUT2D eigenvalue weighted by Crippen LogP contribution is -2.08. The summed E-state index contributed by atoms with van der Waals surface area (Å²) in [5, 5.41) is 15.4. The molecule has 2 aromatic heterocycles. The third-order valence-corrected chi connectivity index (χ3v) is 5.38. The Bertz CT molecular complexity index is 1150. The van der Waals surface area contributed by atoms with E-state index in [1.807, 2.05) is 66.5 Å². The second-order valence-electron chi connectivity index (χ2n) is 6.57. The molecule has 1 atom stereocenters. The second-order valence-corrected chi connectivity index (χ2v) is 7.49. The molecule has 0 amide bonds. The van der Waals surface area contributed by atoms with Gasteiger partial charge >= 0.3 is 0 Å². The van der Waals surface area contributed by atoms with E-state index in [9.17, 15) is 5.11 Å². The molecular formula is C20H16BrN5O. The van der Waals surface area contributed by atoms with Gasteiger partial charge in [-0.25, -0.2) is 14.6 Å². The van der Waals surface area contributed by atoms with Gasteiger partial charge in [0.1, 0.15) is 6.10 Å². The molecule has 0 fully saturated rings. The summed E-state index contributed by atoms with van der Waals surface area (Å²) in [4.78, 5) is 9.17. The number of rotatable bonds is 2. The molecule has 27 heavy (non-hydrogen) atoms. The highest BCUT2D eigenvalue weighted by Crippen LogP contribution is 2.34. The van der Waals surface area contributed by atoms with Crippen LogP contribution in [0.25, 0.3) is 17.1 Å². The predicted octanol–water partition coefficient (Wildman–Crippen LogP) is 3.65. The van der Waals surface area contributed by atoms with E-state index in [-0.39, 0.29) is 0 Å². The smallest absolute Gasteiger partial charge is 0.184 e. The Morgan fingerprint density at radius 2 is 1.96 bits per heavy atom. The fraction of sp³-hybridized carbons (Fsp3) is 0.150. The molecule has 0 spiro atoms. The van der Waals surface area contributed by atoms with E-state index in [0.29, 0.717) is 12.4 Å². The summed E-state index contributed by atoms with van der Waals surface area (Å²) in [6.07, 6.45) is 0.969. The number of aliphatic hydroxyl groups is 1. The Balaban J connectivity index is 1.70. The molecule has 1 aliphatic rings. The highest BCUT2D eigenvalue weighted by molar-refractivity contribution is 9.10. The Morgan fingerprint density at radius 3 is 2.78 bits per heavy atom. The van der Waals surface area contributed by atoms with E-state index in [0.717, 1.165) is 38.5 Å². The molecule has 7 heteroatoms. The molecule has 1 unspecified atom stereocenters. The fourth-order valence-electron chi connectivity index (χ4n) is 3.47. The van der Waals surface area contributed by atoms with Crippen LogP contribution in [-0.4, -0.2) is 29.4 Å². The molecule has 1 aliphatic heterocycles. The van der Waals surface area contributed by atoms with Crippen LogP contribution in [0.15, 0.2) is 59.3 Å². The zero-order valence-corrected chi connectivity index (χ0v) is 16.1. The number of aromatic nitrogens is 5. The van der Waals surface area contributed by atoms with Gasteiger partial charge in [0.2, 0.25) is 0 Å². The van der Waals surface area contributed by atoms with Crippen molar-refractivity contribution in [3.8, 4) is 17.1 Å². The molecule has 0 bridgehead atoms. The summed E-state index contributed by atoms with van der Waals surface area (Å²) in [6, 6.07) is 15.5. The first-order valence-electron chi connectivity index (χ1n) is 8.62. The van der Waals surface area contributed by atoms with Crippen molar-refractivity contribution in [2.45, 2.75) is 19.6 Å². The minimum atomic E-state index is -0.868. The highest BCUT2D eigenvalue weighted by Gasteiger charge is 2.26. The van der Waals surface area contributed by atoms with Crippen LogP contribution in [0.2, 0.25) is 0 Å². The fourth-order valence-corrected chi connectivity index (χ4v) is 3.83. The lowest BCUT2D eigenvalue weighted by atomic mass is 10.1. The van der Waals surface area contributed by atoms with Crippen molar-refractivity contribution in [1.29, 1.82) is 0 Å². The van der Waals surface area contributed by atoms with Gasteiger partial charge in [0.05, 0.1) is 29.9 Å². The van der Waals surface area contributed by atoms with Gasteiger partial charge in [0.15, 0.2) is 11.6 Å². The Labute approximate surface area is 164 Å². The van der Waals surface area contributed by atoms with Crippen LogP contribution in [0.1, 0.15) is 28.9 Å². The van der Waals surface area contributed by atoms with Gasteiger partial charge in [0.25, 0.3) is 0 Å². The van der Waals surface area contributed by atoms with Gasteiger partial charge in [-0.2, -0.15) is 5.10 Å². The van der Waals surface area contributed by atoms with Crippen molar-refractivity contribution in [3.05, 3.63) is 82.1 Å². The van der Waals surface area contributed by atoms with Crippen molar-refractivity contribution >= 4 is 15.9 Å². The van der Waals surface area contributed by atoms with Crippen LogP contribution in [0.3, 0.4) is 0 Å². The average Bonchev–Trinajstić information content (AvgIpc) is 3.24. The van der Waals surface area contributed by atoms with Gasteiger partial charge < -0.3 is 9.67 Å². The number of aryl methyl sites for hydroxylation is 1. The lowest BCUT2D eigenvalue weighted by molar-refractivity contribution is 0.209. The van der Waals surface area contributed by atoms with Crippen LogP contribution < -0.4 is 0 Å². The third kappa shape index (κ3) is 2.62. The average molecular weight is 422 g/mol. The molecule has 5 rings (SSSR count). The third-order valence-electron chi connectivity index (χ3n) is 4.88. The number of benzene rings is 2. The molecule has 4 aromatic rings. The first-order chi connectivity index (χ1) is 13.1. The van der Waals surface area contributed by atoms with Crippen molar-refractivity contribution in [3.63, 3.8) is 0 Å². The standard InChI is InChI=1S/C20H16BrN5O/c1-12-17-10-26-20(15-9-14(21)7-8-16(15)25(17)11-22-12)23-19(24-26)18(27)13-5-3-2-4-6-13/h2-9,11,18,27H,10H2,1H3. The zero-order chi connectivity index (χ0) is 18.5. The number of fused-ring (bicyclic) bond motifs is 5. The van der Waals surface area contributed by atoms with Crippen LogP contribution in [0.5, 0.6) is 0 Å².